The normalized spacial score (nSPS) is 10.1. The molecular formula is C24H22N2O5. The number of hydrogen-bond acceptors (Lipinski definition) is 5. The van der Waals surface area contributed by atoms with Crippen molar-refractivity contribution in [2.75, 3.05) is 24.4 Å². The van der Waals surface area contributed by atoms with E-state index >= 15 is 0 Å². The summed E-state index contributed by atoms with van der Waals surface area (Å²) in [5.41, 5.74) is 2.33. The number of methoxy groups -OCH3 is 1. The van der Waals surface area contributed by atoms with E-state index in [1.165, 1.54) is 13.2 Å². The minimum Gasteiger partial charge on any atom is -0.495 e. The molecule has 0 saturated carbocycles. The number of carbonyl (C=O) groups is 3. The van der Waals surface area contributed by atoms with Crippen molar-refractivity contribution < 1.29 is 23.9 Å². The SMILES string of the molecule is COc1ccccc1NC(=O)COC(=O)c1ccccc1NC(=O)c1cccc(C)c1. The Labute approximate surface area is 180 Å². The van der Waals surface area contributed by atoms with Gasteiger partial charge in [0.15, 0.2) is 6.61 Å². The maximum absolute atomic E-state index is 12.5. The quantitative estimate of drug-likeness (QED) is 0.565. The highest BCUT2D eigenvalue weighted by Gasteiger charge is 2.17. The van der Waals surface area contributed by atoms with Crippen molar-refractivity contribution in [3.8, 4) is 5.75 Å². The topological polar surface area (TPSA) is 93.7 Å². The predicted octanol–water partition coefficient (Wildman–Crippen LogP) is 4.05. The van der Waals surface area contributed by atoms with Gasteiger partial charge in [-0.05, 0) is 43.3 Å². The summed E-state index contributed by atoms with van der Waals surface area (Å²) >= 11 is 0. The van der Waals surface area contributed by atoms with E-state index in [0.29, 0.717) is 22.7 Å². The van der Waals surface area contributed by atoms with E-state index in [4.69, 9.17) is 9.47 Å². The zero-order valence-electron chi connectivity index (χ0n) is 17.2. The number of nitrogens with one attached hydrogen (secondary N) is 2. The molecule has 3 rings (SSSR count). The van der Waals surface area contributed by atoms with Gasteiger partial charge in [0.05, 0.1) is 24.0 Å². The fourth-order valence-electron chi connectivity index (χ4n) is 2.89. The van der Waals surface area contributed by atoms with E-state index in [2.05, 4.69) is 10.6 Å². The first-order valence-corrected chi connectivity index (χ1v) is 9.55. The van der Waals surface area contributed by atoms with Crippen molar-refractivity contribution in [2.24, 2.45) is 0 Å². The minimum absolute atomic E-state index is 0.147. The van der Waals surface area contributed by atoms with E-state index in [0.717, 1.165) is 5.56 Å². The van der Waals surface area contributed by atoms with Gasteiger partial charge in [-0.2, -0.15) is 0 Å². The molecule has 0 atom stereocenters. The zero-order chi connectivity index (χ0) is 22.2. The Morgan fingerprint density at radius 3 is 2.29 bits per heavy atom. The number of amides is 2. The molecule has 0 aliphatic carbocycles. The van der Waals surface area contributed by atoms with E-state index < -0.39 is 18.5 Å². The Morgan fingerprint density at radius 2 is 1.55 bits per heavy atom. The Morgan fingerprint density at radius 1 is 0.839 bits per heavy atom. The van der Waals surface area contributed by atoms with Crippen LogP contribution in [-0.4, -0.2) is 31.5 Å². The molecular weight excluding hydrogens is 396 g/mol. The van der Waals surface area contributed by atoms with Gasteiger partial charge in [0.1, 0.15) is 5.75 Å². The second-order valence-corrected chi connectivity index (χ2v) is 6.69. The highest BCUT2D eigenvalue weighted by molar-refractivity contribution is 6.08. The fourth-order valence-corrected chi connectivity index (χ4v) is 2.89. The highest BCUT2D eigenvalue weighted by Crippen LogP contribution is 2.23. The first kappa shape index (κ1) is 21.6. The van der Waals surface area contributed by atoms with Gasteiger partial charge in [-0.3, -0.25) is 9.59 Å². The molecule has 3 aromatic carbocycles. The van der Waals surface area contributed by atoms with Crippen LogP contribution in [-0.2, 0) is 9.53 Å². The number of hydrogen-bond donors (Lipinski definition) is 2. The minimum atomic E-state index is -0.727. The average molecular weight is 418 g/mol. The molecule has 0 heterocycles. The van der Waals surface area contributed by atoms with Gasteiger partial charge in [0.25, 0.3) is 11.8 Å². The van der Waals surface area contributed by atoms with Gasteiger partial charge in [-0.25, -0.2) is 4.79 Å². The predicted molar refractivity (Wildman–Crippen MR) is 117 cm³/mol. The van der Waals surface area contributed by atoms with Crippen LogP contribution in [0.1, 0.15) is 26.3 Å². The fraction of sp³-hybridized carbons (Fsp3) is 0.125. The molecule has 7 heteroatoms. The van der Waals surface area contributed by atoms with Gasteiger partial charge < -0.3 is 20.1 Å². The number of aryl methyl sites for hydroxylation is 1. The van der Waals surface area contributed by atoms with Crippen LogP contribution in [0.3, 0.4) is 0 Å². The number of anilines is 2. The van der Waals surface area contributed by atoms with Crippen LogP contribution in [0.15, 0.2) is 72.8 Å². The highest BCUT2D eigenvalue weighted by atomic mass is 16.5. The van der Waals surface area contributed by atoms with Crippen LogP contribution in [0.25, 0.3) is 0 Å². The largest absolute Gasteiger partial charge is 0.495 e. The molecule has 0 spiro atoms. The Kier molecular flexibility index (Phi) is 7.01. The van der Waals surface area contributed by atoms with E-state index in [-0.39, 0.29) is 11.5 Å². The third kappa shape index (κ3) is 5.70. The molecule has 7 nitrogen and oxygen atoms in total. The molecule has 2 N–H and O–H groups in total. The summed E-state index contributed by atoms with van der Waals surface area (Å²) in [7, 11) is 1.49. The van der Waals surface area contributed by atoms with Crippen LogP contribution in [0, 0.1) is 6.92 Å². The molecule has 0 aliphatic heterocycles. The number of carbonyl (C=O) groups excluding carboxylic acids is 3. The van der Waals surface area contributed by atoms with Crippen molar-refractivity contribution in [3.05, 3.63) is 89.5 Å². The molecule has 0 aliphatic rings. The van der Waals surface area contributed by atoms with Crippen LogP contribution in [0.5, 0.6) is 5.75 Å². The second-order valence-electron chi connectivity index (χ2n) is 6.69. The summed E-state index contributed by atoms with van der Waals surface area (Å²) in [5, 5.41) is 5.35. The summed E-state index contributed by atoms with van der Waals surface area (Å²) in [4.78, 5) is 37.3. The molecule has 0 fully saturated rings. The number of rotatable bonds is 7. The summed E-state index contributed by atoms with van der Waals surface area (Å²) in [6, 6.07) is 20.5. The number of ether oxygens (including phenoxy) is 2. The van der Waals surface area contributed by atoms with Gasteiger partial charge >= 0.3 is 5.97 Å². The monoisotopic (exact) mass is 418 g/mol. The third-order valence-electron chi connectivity index (χ3n) is 4.39. The molecule has 0 saturated heterocycles. The van der Waals surface area contributed by atoms with Gasteiger partial charge in [0.2, 0.25) is 0 Å². The van der Waals surface area contributed by atoms with Crippen molar-refractivity contribution in [3.63, 3.8) is 0 Å². The average Bonchev–Trinajstić information content (AvgIpc) is 2.78. The Hall–Kier alpha value is -4.13. The number of benzene rings is 3. The molecule has 0 radical (unpaired) electrons. The Balaban J connectivity index is 1.64. The summed E-state index contributed by atoms with van der Waals surface area (Å²) in [5.74, 6) is -1.10. The first-order valence-electron chi connectivity index (χ1n) is 9.55. The lowest BCUT2D eigenvalue weighted by Gasteiger charge is -2.12. The van der Waals surface area contributed by atoms with Crippen LogP contribution in [0.4, 0.5) is 11.4 Å². The van der Waals surface area contributed by atoms with Crippen molar-refractivity contribution in [1.29, 1.82) is 0 Å². The van der Waals surface area contributed by atoms with Crippen LogP contribution in [0.2, 0.25) is 0 Å². The smallest absolute Gasteiger partial charge is 0.340 e. The lowest BCUT2D eigenvalue weighted by Crippen LogP contribution is -2.22. The maximum atomic E-state index is 12.5. The van der Waals surface area contributed by atoms with Gasteiger partial charge in [-0.1, -0.05) is 42.0 Å². The van der Waals surface area contributed by atoms with Crippen molar-refractivity contribution in [2.45, 2.75) is 6.92 Å². The molecule has 158 valence electrons. The lowest BCUT2D eigenvalue weighted by molar-refractivity contribution is -0.119. The summed E-state index contributed by atoms with van der Waals surface area (Å²) in [6.07, 6.45) is 0. The Bertz CT molecular complexity index is 1110. The number of para-hydroxylation sites is 3. The van der Waals surface area contributed by atoms with Crippen LogP contribution >= 0.6 is 0 Å². The first-order chi connectivity index (χ1) is 15.0. The molecule has 2 amide bonds. The summed E-state index contributed by atoms with van der Waals surface area (Å²) < 4.78 is 10.3. The van der Waals surface area contributed by atoms with E-state index in [9.17, 15) is 14.4 Å². The van der Waals surface area contributed by atoms with Gasteiger partial charge in [-0.15, -0.1) is 0 Å². The molecule has 0 bridgehead atoms. The van der Waals surface area contributed by atoms with E-state index in [1.807, 2.05) is 13.0 Å². The van der Waals surface area contributed by atoms with Crippen LogP contribution < -0.4 is 15.4 Å². The van der Waals surface area contributed by atoms with Gasteiger partial charge in [0, 0.05) is 5.56 Å². The van der Waals surface area contributed by atoms with E-state index in [1.54, 1.807) is 60.7 Å². The maximum Gasteiger partial charge on any atom is 0.340 e. The van der Waals surface area contributed by atoms with Crippen molar-refractivity contribution >= 4 is 29.2 Å². The molecule has 31 heavy (non-hydrogen) atoms. The zero-order valence-corrected chi connectivity index (χ0v) is 17.2. The third-order valence-corrected chi connectivity index (χ3v) is 4.39. The van der Waals surface area contributed by atoms with Crippen molar-refractivity contribution in [1.82, 2.24) is 0 Å². The summed E-state index contributed by atoms with van der Waals surface area (Å²) in [6.45, 7) is 1.40. The standard InChI is InChI=1S/C24H22N2O5/c1-16-8-7-9-17(14-16)23(28)26-19-11-4-3-10-18(19)24(29)31-15-22(27)25-20-12-5-6-13-21(20)30-2/h3-14H,15H2,1-2H3,(H,25,27)(H,26,28). The molecule has 0 unspecified atom stereocenters. The lowest BCUT2D eigenvalue weighted by atomic mass is 10.1. The molecule has 0 aromatic heterocycles. The second kappa shape index (κ2) is 10.1. The number of esters is 1. The molecule has 3 aromatic rings.